The maximum Gasteiger partial charge on any atom is 0.147 e. The second-order valence-corrected chi connectivity index (χ2v) is 2.74. The van der Waals surface area contributed by atoms with Crippen molar-refractivity contribution in [2.24, 2.45) is 0 Å². The molecule has 3 nitrogen and oxygen atoms in total. The van der Waals surface area contributed by atoms with Crippen molar-refractivity contribution in [2.45, 2.75) is 13.0 Å². The molecule has 0 aromatic rings. The van der Waals surface area contributed by atoms with E-state index in [2.05, 4.69) is 15.9 Å². The molecule has 0 fully saturated rings. The van der Waals surface area contributed by atoms with Crippen LogP contribution in [0.25, 0.3) is 0 Å². The minimum absolute atomic E-state index is 0.0759. The lowest BCUT2D eigenvalue weighted by atomic mass is 10.4. The molecule has 0 aliphatic heterocycles. The van der Waals surface area contributed by atoms with Crippen LogP contribution in [0.5, 0.6) is 0 Å². The predicted molar refractivity (Wildman–Crippen MR) is 51.3 cm³/mol. The van der Waals surface area contributed by atoms with E-state index in [-0.39, 0.29) is 6.10 Å². The summed E-state index contributed by atoms with van der Waals surface area (Å²) in [5, 5.41) is 0. The minimum Gasteiger partial charge on any atom is -0.382 e. The van der Waals surface area contributed by atoms with Gasteiger partial charge in [0.2, 0.25) is 0 Å². The van der Waals surface area contributed by atoms with Crippen molar-refractivity contribution >= 4 is 15.9 Å². The molecule has 0 saturated heterocycles. The van der Waals surface area contributed by atoms with Gasteiger partial charge in [0.05, 0.1) is 19.3 Å². The van der Waals surface area contributed by atoms with E-state index in [0.717, 1.165) is 0 Å². The Bertz CT molecular complexity index is 117. The second kappa shape index (κ2) is 9.19. The molecule has 12 heavy (non-hydrogen) atoms. The van der Waals surface area contributed by atoms with Gasteiger partial charge in [-0.05, 0) is 18.0 Å². The molecule has 0 N–H and O–H groups in total. The van der Waals surface area contributed by atoms with E-state index in [1.54, 1.807) is 12.1 Å². The van der Waals surface area contributed by atoms with E-state index in [0.29, 0.717) is 20.0 Å². The fraction of sp³-hybridized carbons (Fsp3) is 0.750. The van der Waals surface area contributed by atoms with Gasteiger partial charge in [-0.3, -0.25) is 0 Å². The third-order valence-corrected chi connectivity index (χ3v) is 1.50. The first kappa shape index (κ1) is 12.1. The Balaban J connectivity index is 3.08. The summed E-state index contributed by atoms with van der Waals surface area (Å²) in [5.74, 6) is 0. The van der Waals surface area contributed by atoms with Crippen molar-refractivity contribution in [3.8, 4) is 0 Å². The molecule has 0 saturated carbocycles. The molecule has 0 aromatic heterocycles. The van der Waals surface area contributed by atoms with Gasteiger partial charge < -0.3 is 14.2 Å². The van der Waals surface area contributed by atoms with E-state index in [1.165, 1.54) is 0 Å². The molecule has 0 radical (unpaired) electrons. The number of halogens is 1. The van der Waals surface area contributed by atoms with Crippen LogP contribution in [0.3, 0.4) is 0 Å². The fourth-order valence-electron chi connectivity index (χ4n) is 0.515. The highest BCUT2D eigenvalue weighted by Gasteiger charge is 1.94. The molecule has 72 valence electrons. The molecule has 1 atom stereocenters. The molecule has 0 heterocycles. The highest BCUT2D eigenvalue weighted by Crippen LogP contribution is 1.95. The molecule has 0 aliphatic carbocycles. The van der Waals surface area contributed by atoms with E-state index in [1.807, 2.05) is 13.0 Å². The van der Waals surface area contributed by atoms with Crippen LogP contribution >= 0.6 is 15.9 Å². The van der Waals surface area contributed by atoms with E-state index < -0.39 is 0 Å². The van der Waals surface area contributed by atoms with Crippen LogP contribution in [0.1, 0.15) is 6.92 Å². The topological polar surface area (TPSA) is 27.7 Å². The van der Waals surface area contributed by atoms with Gasteiger partial charge >= 0.3 is 0 Å². The van der Waals surface area contributed by atoms with Crippen molar-refractivity contribution in [1.82, 2.24) is 0 Å². The van der Waals surface area contributed by atoms with E-state index in [9.17, 15) is 0 Å². The lowest BCUT2D eigenvalue weighted by molar-refractivity contribution is -0.0802. The zero-order valence-electron chi connectivity index (χ0n) is 7.46. The quantitative estimate of drug-likeness (QED) is 0.501. The number of ether oxygens (including phenoxy) is 3. The van der Waals surface area contributed by atoms with Gasteiger partial charge in [-0.15, -0.1) is 0 Å². The molecule has 0 aliphatic rings. The normalized spacial score (nSPS) is 13.9. The van der Waals surface area contributed by atoms with E-state index >= 15 is 0 Å². The van der Waals surface area contributed by atoms with Crippen molar-refractivity contribution in [1.29, 1.82) is 0 Å². The molecular formula is C8H15BrO3. The fourth-order valence-corrected chi connectivity index (χ4v) is 0.944. The first-order valence-electron chi connectivity index (χ1n) is 3.76. The summed E-state index contributed by atoms with van der Waals surface area (Å²) < 4.78 is 15.1. The molecule has 0 spiro atoms. The molecule has 0 aromatic carbocycles. The Kier molecular flexibility index (Phi) is 9.27. The first-order valence-corrected chi connectivity index (χ1v) is 4.68. The van der Waals surface area contributed by atoms with E-state index in [4.69, 9.17) is 14.2 Å². The zero-order valence-corrected chi connectivity index (χ0v) is 9.04. The molecule has 0 unspecified atom stereocenters. The van der Waals surface area contributed by atoms with Crippen LogP contribution in [0, 0.1) is 0 Å². The lowest BCUT2D eigenvalue weighted by Crippen LogP contribution is -2.10. The van der Waals surface area contributed by atoms with Crippen molar-refractivity contribution in [3.63, 3.8) is 0 Å². The Morgan fingerprint density at radius 3 is 2.75 bits per heavy atom. The van der Waals surface area contributed by atoms with Crippen LogP contribution in [-0.4, -0.2) is 33.2 Å². The van der Waals surface area contributed by atoms with Crippen LogP contribution < -0.4 is 0 Å². The number of hydrogen-bond donors (Lipinski definition) is 0. The molecule has 4 heteroatoms. The first-order chi connectivity index (χ1) is 5.81. The van der Waals surface area contributed by atoms with Crippen molar-refractivity contribution < 1.29 is 14.2 Å². The van der Waals surface area contributed by atoms with Crippen LogP contribution in [0.2, 0.25) is 0 Å². The Morgan fingerprint density at radius 1 is 1.42 bits per heavy atom. The Morgan fingerprint density at radius 2 is 2.17 bits per heavy atom. The lowest BCUT2D eigenvalue weighted by Gasteiger charge is -2.08. The Hall–Kier alpha value is 0.100. The van der Waals surface area contributed by atoms with Gasteiger partial charge in [-0.2, -0.15) is 0 Å². The number of rotatable bonds is 7. The summed E-state index contributed by atoms with van der Waals surface area (Å²) >= 11 is 3.16. The summed E-state index contributed by atoms with van der Waals surface area (Å²) in [6.07, 6.45) is 1.96. The van der Waals surface area contributed by atoms with Crippen molar-refractivity contribution in [3.05, 3.63) is 11.1 Å². The van der Waals surface area contributed by atoms with Crippen LogP contribution in [0.4, 0.5) is 0 Å². The maximum atomic E-state index is 5.23. The van der Waals surface area contributed by atoms with Gasteiger partial charge in [-0.1, -0.05) is 15.9 Å². The monoisotopic (exact) mass is 238 g/mol. The average molecular weight is 239 g/mol. The largest absolute Gasteiger partial charge is 0.382 e. The standard InChI is InChI=1S/C8H15BrO3/c1-8(3-4-9)12-7-11-6-5-10-2/h3-4,8H,5-7H2,1-2H3/t8-/m0/s1. The molecule has 0 amide bonds. The van der Waals surface area contributed by atoms with Crippen LogP contribution in [-0.2, 0) is 14.2 Å². The highest BCUT2D eigenvalue weighted by molar-refractivity contribution is 9.11. The number of methoxy groups -OCH3 is 1. The SMILES string of the molecule is COCCOCO[C@@H](C)C=CBr. The number of hydrogen-bond acceptors (Lipinski definition) is 3. The smallest absolute Gasteiger partial charge is 0.147 e. The van der Waals surface area contributed by atoms with Crippen LogP contribution in [0.15, 0.2) is 11.1 Å². The van der Waals surface area contributed by atoms with Gasteiger partial charge in [-0.25, -0.2) is 0 Å². The van der Waals surface area contributed by atoms with Gasteiger partial charge in [0.15, 0.2) is 0 Å². The third-order valence-electron chi connectivity index (χ3n) is 1.19. The maximum absolute atomic E-state index is 5.23. The average Bonchev–Trinajstić information content (AvgIpc) is 2.05. The summed E-state index contributed by atoms with van der Waals surface area (Å²) in [4.78, 5) is 1.77. The third kappa shape index (κ3) is 8.20. The highest BCUT2D eigenvalue weighted by atomic mass is 79.9. The van der Waals surface area contributed by atoms with Gasteiger partial charge in [0.1, 0.15) is 6.79 Å². The zero-order chi connectivity index (χ0) is 9.23. The Labute approximate surface area is 81.8 Å². The second-order valence-electron chi connectivity index (χ2n) is 2.21. The summed E-state index contributed by atoms with van der Waals surface area (Å²) in [7, 11) is 1.64. The van der Waals surface area contributed by atoms with Gasteiger partial charge in [0, 0.05) is 7.11 Å². The van der Waals surface area contributed by atoms with Crippen molar-refractivity contribution in [2.75, 3.05) is 27.1 Å². The van der Waals surface area contributed by atoms with Gasteiger partial charge in [0.25, 0.3) is 0 Å². The predicted octanol–water partition coefficient (Wildman–Crippen LogP) is 1.92. The molecular weight excluding hydrogens is 224 g/mol. The summed E-state index contributed by atoms with van der Waals surface area (Å²) in [6, 6.07) is 0. The molecule has 0 bridgehead atoms. The molecule has 0 rings (SSSR count). The summed E-state index contributed by atoms with van der Waals surface area (Å²) in [6.45, 7) is 3.42. The summed E-state index contributed by atoms with van der Waals surface area (Å²) in [5.41, 5.74) is 0. The minimum atomic E-state index is 0.0759.